The van der Waals surface area contributed by atoms with E-state index in [0.717, 1.165) is 12.8 Å². The molecule has 1 fully saturated rings. The summed E-state index contributed by atoms with van der Waals surface area (Å²) in [6, 6.07) is 3.46. The molecule has 132 valence electrons. The SMILES string of the molecule is CS(=O)(=O)CCC(N)c1nc(C(C2CCCC2)n2cccc2)no1. The van der Waals surface area contributed by atoms with Crippen LogP contribution in [0.25, 0.3) is 0 Å². The third-order valence-corrected chi connectivity index (χ3v) is 5.61. The van der Waals surface area contributed by atoms with Crippen molar-refractivity contribution in [1.29, 1.82) is 0 Å². The highest BCUT2D eigenvalue weighted by Crippen LogP contribution is 2.37. The molecule has 2 unspecified atom stereocenters. The van der Waals surface area contributed by atoms with Gasteiger partial charge in [-0.15, -0.1) is 0 Å². The summed E-state index contributed by atoms with van der Waals surface area (Å²) in [6.07, 6.45) is 10.2. The zero-order valence-electron chi connectivity index (χ0n) is 13.8. The molecule has 0 aliphatic heterocycles. The molecule has 0 radical (unpaired) electrons. The molecule has 0 spiro atoms. The second-order valence-corrected chi connectivity index (χ2v) is 8.90. The van der Waals surface area contributed by atoms with Crippen molar-refractivity contribution in [2.24, 2.45) is 11.7 Å². The third-order valence-electron chi connectivity index (χ3n) is 4.63. The van der Waals surface area contributed by atoms with Gasteiger partial charge in [0.15, 0.2) is 5.82 Å². The van der Waals surface area contributed by atoms with Crippen LogP contribution < -0.4 is 5.73 Å². The van der Waals surface area contributed by atoms with Crippen molar-refractivity contribution in [1.82, 2.24) is 14.7 Å². The van der Waals surface area contributed by atoms with Crippen LogP contribution in [0, 0.1) is 5.92 Å². The van der Waals surface area contributed by atoms with Crippen LogP contribution >= 0.6 is 0 Å². The van der Waals surface area contributed by atoms with E-state index in [-0.39, 0.29) is 18.2 Å². The monoisotopic (exact) mass is 352 g/mol. The first-order valence-corrected chi connectivity index (χ1v) is 10.4. The topological polar surface area (TPSA) is 104 Å². The quantitative estimate of drug-likeness (QED) is 0.818. The lowest BCUT2D eigenvalue weighted by Gasteiger charge is -2.22. The summed E-state index contributed by atoms with van der Waals surface area (Å²) in [5.74, 6) is 1.43. The Labute approximate surface area is 142 Å². The van der Waals surface area contributed by atoms with Gasteiger partial charge >= 0.3 is 0 Å². The van der Waals surface area contributed by atoms with Gasteiger partial charge < -0.3 is 14.8 Å². The molecule has 0 bridgehead atoms. The van der Waals surface area contributed by atoms with Gasteiger partial charge in [-0.1, -0.05) is 18.0 Å². The molecule has 0 saturated heterocycles. The van der Waals surface area contributed by atoms with Crippen molar-refractivity contribution >= 4 is 9.84 Å². The Balaban J connectivity index is 1.78. The minimum atomic E-state index is -3.06. The Morgan fingerprint density at radius 2 is 2.00 bits per heavy atom. The van der Waals surface area contributed by atoms with Gasteiger partial charge in [-0.05, 0) is 37.3 Å². The van der Waals surface area contributed by atoms with Gasteiger partial charge in [-0.25, -0.2) is 8.42 Å². The molecule has 24 heavy (non-hydrogen) atoms. The second kappa shape index (κ2) is 7.06. The van der Waals surface area contributed by atoms with Gasteiger partial charge in [-0.2, -0.15) is 4.98 Å². The average Bonchev–Trinajstić information content (AvgIpc) is 3.27. The lowest BCUT2D eigenvalue weighted by atomic mass is 9.97. The van der Waals surface area contributed by atoms with E-state index in [2.05, 4.69) is 14.7 Å². The van der Waals surface area contributed by atoms with E-state index < -0.39 is 15.9 Å². The standard InChI is InChI=1S/C16H24N4O3S/c1-24(21,22)11-8-13(17)16-18-15(19-23-16)14(12-6-2-3-7-12)20-9-4-5-10-20/h4-5,9-10,12-14H,2-3,6-8,11,17H2,1H3. The smallest absolute Gasteiger partial charge is 0.243 e. The molecule has 1 saturated carbocycles. The number of rotatable bonds is 7. The predicted molar refractivity (Wildman–Crippen MR) is 90.1 cm³/mol. The molecule has 2 aromatic rings. The number of hydrogen-bond donors (Lipinski definition) is 1. The van der Waals surface area contributed by atoms with Gasteiger partial charge in [0.05, 0.1) is 17.8 Å². The van der Waals surface area contributed by atoms with Gasteiger partial charge in [-0.3, -0.25) is 0 Å². The van der Waals surface area contributed by atoms with E-state index in [1.165, 1.54) is 19.1 Å². The molecular formula is C16H24N4O3S. The number of nitrogens with two attached hydrogens (primary N) is 1. The lowest BCUT2D eigenvalue weighted by Crippen LogP contribution is -2.20. The largest absolute Gasteiger partial charge is 0.343 e. The molecule has 1 aliphatic carbocycles. The fourth-order valence-corrected chi connectivity index (χ4v) is 4.06. The van der Waals surface area contributed by atoms with Crippen molar-refractivity contribution in [3.63, 3.8) is 0 Å². The van der Waals surface area contributed by atoms with Crippen molar-refractivity contribution in [2.75, 3.05) is 12.0 Å². The normalized spacial score (nSPS) is 18.8. The van der Waals surface area contributed by atoms with Crippen molar-refractivity contribution in [2.45, 2.75) is 44.2 Å². The Morgan fingerprint density at radius 3 is 2.62 bits per heavy atom. The highest BCUT2D eigenvalue weighted by molar-refractivity contribution is 7.90. The zero-order chi connectivity index (χ0) is 17.2. The van der Waals surface area contributed by atoms with E-state index in [9.17, 15) is 8.42 Å². The molecule has 1 aliphatic rings. The maximum absolute atomic E-state index is 11.3. The van der Waals surface area contributed by atoms with Crippen molar-refractivity contribution in [3.05, 3.63) is 36.2 Å². The summed E-state index contributed by atoms with van der Waals surface area (Å²) in [5.41, 5.74) is 6.02. The second-order valence-electron chi connectivity index (χ2n) is 6.64. The van der Waals surface area contributed by atoms with Gasteiger partial charge in [0, 0.05) is 18.6 Å². The van der Waals surface area contributed by atoms with Crippen molar-refractivity contribution in [3.8, 4) is 0 Å². The van der Waals surface area contributed by atoms with Gasteiger partial charge in [0.25, 0.3) is 0 Å². The van der Waals surface area contributed by atoms with E-state index in [4.69, 9.17) is 10.3 Å². The van der Waals surface area contributed by atoms with Crippen LogP contribution in [-0.4, -0.2) is 35.1 Å². The molecule has 2 aromatic heterocycles. The number of aromatic nitrogens is 3. The van der Waals surface area contributed by atoms with Gasteiger partial charge in [0.2, 0.25) is 5.89 Å². The summed E-state index contributed by atoms with van der Waals surface area (Å²) in [4.78, 5) is 4.49. The molecule has 0 aromatic carbocycles. The number of nitrogens with zero attached hydrogens (tertiary/aromatic N) is 3. The van der Waals surface area contributed by atoms with Crippen LogP contribution in [0.15, 0.2) is 29.0 Å². The first kappa shape index (κ1) is 17.2. The fraction of sp³-hybridized carbons (Fsp3) is 0.625. The van der Waals surface area contributed by atoms with Crippen LogP contribution in [0.1, 0.15) is 55.9 Å². The molecule has 8 heteroatoms. The Morgan fingerprint density at radius 1 is 1.33 bits per heavy atom. The maximum Gasteiger partial charge on any atom is 0.243 e. The summed E-state index contributed by atoms with van der Waals surface area (Å²) in [7, 11) is -3.06. The van der Waals surface area contributed by atoms with Crippen LogP contribution in [0.3, 0.4) is 0 Å². The van der Waals surface area contributed by atoms with Crippen LogP contribution in [0.2, 0.25) is 0 Å². The van der Waals surface area contributed by atoms with Crippen LogP contribution in [-0.2, 0) is 9.84 Å². The van der Waals surface area contributed by atoms with Crippen LogP contribution in [0.4, 0.5) is 0 Å². The predicted octanol–water partition coefficient (Wildman–Crippen LogP) is 2.09. The van der Waals surface area contributed by atoms with E-state index in [1.807, 2.05) is 24.5 Å². The van der Waals surface area contributed by atoms with Gasteiger partial charge in [0.1, 0.15) is 9.84 Å². The molecule has 7 nitrogen and oxygen atoms in total. The summed E-state index contributed by atoms with van der Waals surface area (Å²) < 4.78 is 30.0. The van der Waals surface area contributed by atoms with E-state index in [1.54, 1.807) is 0 Å². The zero-order valence-corrected chi connectivity index (χ0v) is 14.7. The Kier molecular flexibility index (Phi) is 5.05. The minimum Gasteiger partial charge on any atom is -0.343 e. The Bertz CT molecular complexity index is 748. The molecule has 2 heterocycles. The summed E-state index contributed by atoms with van der Waals surface area (Å²) in [5, 5.41) is 4.15. The highest BCUT2D eigenvalue weighted by Gasteiger charge is 2.31. The average molecular weight is 352 g/mol. The molecule has 2 N–H and O–H groups in total. The van der Waals surface area contributed by atoms with Crippen LogP contribution in [0.5, 0.6) is 0 Å². The highest BCUT2D eigenvalue weighted by atomic mass is 32.2. The summed E-state index contributed by atoms with van der Waals surface area (Å²) >= 11 is 0. The minimum absolute atomic E-state index is 0.00946. The number of sulfone groups is 1. The molecule has 0 amide bonds. The van der Waals surface area contributed by atoms with Crippen molar-refractivity contribution < 1.29 is 12.9 Å². The molecule has 2 atom stereocenters. The molecule has 3 rings (SSSR count). The lowest BCUT2D eigenvalue weighted by molar-refractivity contribution is 0.325. The van der Waals surface area contributed by atoms with E-state index in [0.29, 0.717) is 17.6 Å². The third kappa shape index (κ3) is 4.05. The molecular weight excluding hydrogens is 328 g/mol. The fourth-order valence-electron chi connectivity index (χ4n) is 3.38. The summed E-state index contributed by atoms with van der Waals surface area (Å²) in [6.45, 7) is 0. The first-order valence-electron chi connectivity index (χ1n) is 8.33. The Hall–Kier alpha value is -1.67. The van der Waals surface area contributed by atoms with E-state index >= 15 is 0 Å². The maximum atomic E-state index is 11.3. The number of hydrogen-bond acceptors (Lipinski definition) is 6. The first-order chi connectivity index (χ1) is 11.4.